The van der Waals surface area contributed by atoms with Gasteiger partial charge in [-0.25, -0.2) is 9.18 Å². The summed E-state index contributed by atoms with van der Waals surface area (Å²) in [5.74, 6) is -6.79. The number of aromatic nitrogens is 1. The third kappa shape index (κ3) is 3.75. The number of carboxylic acids is 1. The Labute approximate surface area is 159 Å². The van der Waals surface area contributed by atoms with Gasteiger partial charge in [-0.3, -0.25) is 4.79 Å². The van der Waals surface area contributed by atoms with Gasteiger partial charge < -0.3 is 35.0 Å². The van der Waals surface area contributed by atoms with Gasteiger partial charge in [0.15, 0.2) is 6.17 Å². The fourth-order valence-corrected chi connectivity index (χ4v) is 3.55. The van der Waals surface area contributed by atoms with E-state index in [-0.39, 0.29) is 0 Å². The highest BCUT2D eigenvalue weighted by molar-refractivity contribution is 5.77. The van der Waals surface area contributed by atoms with E-state index in [2.05, 4.69) is 5.32 Å². The minimum atomic E-state index is -3.86. The number of alkyl halides is 2. The van der Waals surface area contributed by atoms with Crippen LogP contribution in [0.5, 0.6) is 0 Å². The molecule has 1 aliphatic rings. The van der Waals surface area contributed by atoms with Crippen molar-refractivity contribution in [2.24, 2.45) is 0 Å². The Morgan fingerprint density at radius 2 is 1.86 bits per heavy atom. The highest BCUT2D eigenvalue weighted by atomic mass is 19.2. The summed E-state index contributed by atoms with van der Waals surface area (Å²) in [4.78, 5) is 23.2. The molecule has 2 heterocycles. The molecule has 158 valence electrons. The molecule has 1 amide bonds. The van der Waals surface area contributed by atoms with E-state index in [9.17, 15) is 24.9 Å². The number of hydrogen-bond donors (Lipinski definition) is 5. The second kappa shape index (κ2) is 8.11. The molecule has 1 saturated heterocycles. The SMILES string of the molecule is CC(=O)N[C@H]1[C@H]([C@H](O)[C@H](O)CO)OC(F)(C(=O)O)C(F)[C@@H]1n1c(C)ccc1C. The lowest BCUT2D eigenvalue weighted by Gasteiger charge is -2.48. The van der Waals surface area contributed by atoms with Crippen LogP contribution in [-0.4, -0.2) is 79.9 Å². The van der Waals surface area contributed by atoms with Crippen molar-refractivity contribution in [1.82, 2.24) is 9.88 Å². The van der Waals surface area contributed by atoms with Gasteiger partial charge in [-0.2, -0.15) is 4.39 Å². The van der Waals surface area contributed by atoms with Crippen LogP contribution in [-0.2, 0) is 14.3 Å². The van der Waals surface area contributed by atoms with Crippen molar-refractivity contribution in [1.29, 1.82) is 0 Å². The molecule has 2 rings (SSSR count). The Morgan fingerprint density at radius 1 is 1.32 bits per heavy atom. The number of nitrogens with one attached hydrogen (secondary N) is 1. The van der Waals surface area contributed by atoms with E-state index in [4.69, 9.17) is 9.84 Å². The van der Waals surface area contributed by atoms with Crippen molar-refractivity contribution in [2.75, 3.05) is 6.61 Å². The Bertz CT molecular complexity index is 724. The van der Waals surface area contributed by atoms with Crippen LogP contribution in [0.3, 0.4) is 0 Å². The summed E-state index contributed by atoms with van der Waals surface area (Å²) in [5, 5.41) is 40.8. The molecule has 5 N–H and O–H groups in total. The van der Waals surface area contributed by atoms with Crippen LogP contribution in [0.1, 0.15) is 24.4 Å². The Morgan fingerprint density at radius 3 is 2.29 bits per heavy atom. The average Bonchev–Trinajstić information content (AvgIpc) is 2.95. The van der Waals surface area contributed by atoms with Gasteiger partial charge in [-0.1, -0.05) is 0 Å². The Hall–Kier alpha value is -2.08. The highest BCUT2D eigenvalue weighted by Gasteiger charge is 2.63. The van der Waals surface area contributed by atoms with Crippen LogP contribution in [0.4, 0.5) is 8.78 Å². The fraction of sp³-hybridized carbons (Fsp3) is 0.647. The number of rotatable bonds is 6. The summed E-state index contributed by atoms with van der Waals surface area (Å²) < 4.78 is 36.4. The van der Waals surface area contributed by atoms with E-state index in [0.717, 1.165) is 6.92 Å². The van der Waals surface area contributed by atoms with E-state index >= 15 is 8.78 Å². The van der Waals surface area contributed by atoms with Crippen LogP contribution in [0.15, 0.2) is 12.1 Å². The normalized spacial score (nSPS) is 32.6. The minimum absolute atomic E-state index is 0.450. The van der Waals surface area contributed by atoms with Gasteiger partial charge in [-0.05, 0) is 26.0 Å². The third-order valence-corrected chi connectivity index (χ3v) is 4.89. The summed E-state index contributed by atoms with van der Waals surface area (Å²) in [6.45, 7) is 3.30. The van der Waals surface area contributed by atoms with Crippen LogP contribution in [0.25, 0.3) is 0 Å². The van der Waals surface area contributed by atoms with Crippen molar-refractivity contribution in [3.63, 3.8) is 0 Å². The van der Waals surface area contributed by atoms with E-state index in [1.54, 1.807) is 26.0 Å². The molecule has 1 aromatic heterocycles. The summed E-state index contributed by atoms with van der Waals surface area (Å²) in [6.07, 6.45) is -8.49. The highest BCUT2D eigenvalue weighted by Crippen LogP contribution is 2.42. The Kier molecular flexibility index (Phi) is 6.44. The van der Waals surface area contributed by atoms with Crippen LogP contribution < -0.4 is 5.32 Å². The number of aliphatic hydroxyl groups is 3. The van der Waals surface area contributed by atoms with Crippen LogP contribution in [0.2, 0.25) is 0 Å². The van der Waals surface area contributed by atoms with E-state index in [0.29, 0.717) is 11.4 Å². The van der Waals surface area contributed by atoms with Crippen molar-refractivity contribution in [3.05, 3.63) is 23.5 Å². The number of carbonyl (C=O) groups excluding carboxylic acids is 1. The molecular formula is C17H24F2N2O7. The number of halogens is 2. The van der Waals surface area contributed by atoms with Crippen molar-refractivity contribution < 1.29 is 43.5 Å². The molecule has 9 nitrogen and oxygen atoms in total. The zero-order valence-electron chi connectivity index (χ0n) is 15.5. The lowest BCUT2D eigenvalue weighted by Crippen LogP contribution is -2.69. The maximum absolute atomic E-state index is 15.2. The quantitative estimate of drug-likeness (QED) is 0.423. The predicted molar refractivity (Wildman–Crippen MR) is 90.9 cm³/mol. The monoisotopic (exact) mass is 406 g/mol. The first kappa shape index (κ1) is 22.2. The number of aliphatic carboxylic acids is 1. The Balaban J connectivity index is 2.67. The lowest BCUT2D eigenvalue weighted by atomic mass is 9.85. The molecule has 1 fully saturated rings. The number of nitrogens with zero attached hydrogens (tertiary/aromatic N) is 1. The van der Waals surface area contributed by atoms with Gasteiger partial charge in [0.2, 0.25) is 5.91 Å². The van der Waals surface area contributed by atoms with Gasteiger partial charge in [0, 0.05) is 18.3 Å². The summed E-state index contributed by atoms with van der Waals surface area (Å²) in [6, 6.07) is 0.129. The molecule has 0 radical (unpaired) electrons. The number of hydrogen-bond acceptors (Lipinski definition) is 6. The van der Waals surface area contributed by atoms with E-state index in [1.165, 1.54) is 4.57 Å². The van der Waals surface area contributed by atoms with Crippen LogP contribution in [0, 0.1) is 13.8 Å². The smallest absolute Gasteiger partial charge is 0.372 e. The van der Waals surface area contributed by atoms with E-state index < -0.39 is 60.9 Å². The molecule has 0 aromatic carbocycles. The number of aliphatic hydroxyl groups excluding tert-OH is 3. The fourth-order valence-electron chi connectivity index (χ4n) is 3.55. The standard InChI is InChI=1S/C17H24F2N2O7/c1-7-4-5-8(2)21(7)12-11(20-9(3)23)14(13(25)10(24)6-22)28-17(19,15(12)18)16(26)27/h4-5,10-15,22,24-25H,6H2,1-3H3,(H,20,23)(H,26,27)/t10-,11-,12-,13-,14-,15?,17?/m1/s1. The maximum Gasteiger partial charge on any atom is 0.372 e. The summed E-state index contributed by atoms with van der Waals surface area (Å²) in [7, 11) is 0. The molecule has 11 heteroatoms. The second-order valence-corrected chi connectivity index (χ2v) is 6.88. The topological polar surface area (TPSA) is 141 Å². The van der Waals surface area contributed by atoms with Crippen molar-refractivity contribution in [3.8, 4) is 0 Å². The maximum atomic E-state index is 15.2. The lowest BCUT2D eigenvalue weighted by molar-refractivity contribution is -0.283. The zero-order valence-corrected chi connectivity index (χ0v) is 15.5. The molecule has 0 spiro atoms. The minimum Gasteiger partial charge on any atom is -0.477 e. The van der Waals surface area contributed by atoms with Gasteiger partial charge in [0.1, 0.15) is 18.3 Å². The molecule has 0 aliphatic carbocycles. The van der Waals surface area contributed by atoms with Gasteiger partial charge in [-0.15, -0.1) is 0 Å². The number of amides is 1. The van der Waals surface area contributed by atoms with Crippen LogP contribution >= 0.6 is 0 Å². The number of carboxylic acid groups (broad SMARTS) is 1. The number of carbonyl (C=O) groups is 2. The molecular weight excluding hydrogens is 382 g/mol. The summed E-state index contributed by atoms with van der Waals surface area (Å²) in [5.41, 5.74) is 0.900. The first-order valence-electron chi connectivity index (χ1n) is 8.58. The molecule has 1 aromatic rings. The van der Waals surface area contributed by atoms with Gasteiger partial charge >= 0.3 is 11.8 Å². The molecule has 0 bridgehead atoms. The molecule has 28 heavy (non-hydrogen) atoms. The molecule has 2 unspecified atom stereocenters. The summed E-state index contributed by atoms with van der Waals surface area (Å²) >= 11 is 0. The average molecular weight is 406 g/mol. The molecule has 7 atom stereocenters. The van der Waals surface area contributed by atoms with Gasteiger partial charge in [0.05, 0.1) is 18.7 Å². The second-order valence-electron chi connectivity index (χ2n) is 6.88. The third-order valence-electron chi connectivity index (χ3n) is 4.89. The number of aryl methyl sites for hydroxylation is 2. The van der Waals surface area contributed by atoms with Crippen molar-refractivity contribution >= 4 is 11.9 Å². The zero-order chi connectivity index (χ0) is 21.4. The molecule has 0 saturated carbocycles. The molecule has 1 aliphatic heterocycles. The predicted octanol–water partition coefficient (Wildman–Crippen LogP) is -0.648. The number of ether oxygens (including phenoxy) is 1. The van der Waals surface area contributed by atoms with E-state index in [1.807, 2.05) is 0 Å². The first-order chi connectivity index (χ1) is 13.0. The first-order valence-corrected chi connectivity index (χ1v) is 8.58. The van der Waals surface area contributed by atoms with Gasteiger partial charge in [0.25, 0.3) is 0 Å². The van der Waals surface area contributed by atoms with Crippen molar-refractivity contribution in [2.45, 2.75) is 63.2 Å². The largest absolute Gasteiger partial charge is 0.477 e.